The van der Waals surface area contributed by atoms with Gasteiger partial charge in [0.15, 0.2) is 0 Å². The molecule has 1 aromatic heterocycles. The molecule has 2 heterocycles. The summed E-state index contributed by atoms with van der Waals surface area (Å²) in [7, 11) is 0. The van der Waals surface area contributed by atoms with Crippen LogP contribution in [0.1, 0.15) is 57.9 Å². The Morgan fingerprint density at radius 1 is 0.955 bits per heavy atom. The van der Waals surface area contributed by atoms with Gasteiger partial charge >= 0.3 is 5.97 Å². The van der Waals surface area contributed by atoms with Gasteiger partial charge in [0.1, 0.15) is 16.4 Å². The van der Waals surface area contributed by atoms with Gasteiger partial charge < -0.3 is 25.5 Å². The monoisotopic (exact) mass is 625 g/mol. The Balaban J connectivity index is 1.22. The van der Waals surface area contributed by atoms with Crippen LogP contribution in [0.2, 0.25) is 0 Å². The molecule has 0 unspecified atom stereocenters. The molecule has 0 atom stereocenters. The molecule has 5 rings (SSSR count). The molecule has 1 saturated carbocycles. The number of carboxylic acid groups (broad SMARTS) is 1. The predicted molar refractivity (Wildman–Crippen MR) is 172 cm³/mol. The van der Waals surface area contributed by atoms with E-state index < -0.39 is 16.5 Å². The van der Waals surface area contributed by atoms with Gasteiger partial charge in [-0.15, -0.1) is 11.8 Å². The lowest BCUT2D eigenvalue weighted by Gasteiger charge is -2.36. The largest absolute Gasteiger partial charge is 0.480 e. The van der Waals surface area contributed by atoms with Crippen LogP contribution >= 0.6 is 11.8 Å². The fourth-order valence-electron chi connectivity index (χ4n) is 5.49. The lowest BCUT2D eigenvalue weighted by Crippen LogP contribution is -2.47. The molecule has 236 valence electrons. The molecule has 9 nitrogen and oxygen atoms in total. The van der Waals surface area contributed by atoms with E-state index in [1.165, 1.54) is 37.5 Å². The van der Waals surface area contributed by atoms with Crippen LogP contribution in [0.5, 0.6) is 0 Å². The van der Waals surface area contributed by atoms with E-state index in [-0.39, 0.29) is 5.82 Å². The third kappa shape index (κ3) is 8.49. The van der Waals surface area contributed by atoms with E-state index in [0.29, 0.717) is 41.7 Å². The number of nitrogens with one attached hydrogen (secondary N) is 2. The van der Waals surface area contributed by atoms with Gasteiger partial charge in [0.2, 0.25) is 17.8 Å². The average Bonchev–Trinajstić information content (AvgIpc) is 3.01. The van der Waals surface area contributed by atoms with E-state index in [1.54, 1.807) is 26.0 Å². The molecule has 2 fully saturated rings. The molecule has 1 aliphatic heterocycles. The quantitative estimate of drug-likeness (QED) is 0.159. The van der Waals surface area contributed by atoms with Gasteiger partial charge in [-0.1, -0.05) is 25.3 Å². The molecular weight excluding hydrogens is 584 g/mol. The number of thioether (sulfide) groups is 1. The summed E-state index contributed by atoms with van der Waals surface area (Å²) in [5.41, 5.74) is 1.94. The predicted octanol–water partition coefficient (Wildman–Crippen LogP) is 6.22. The second-order valence-corrected chi connectivity index (χ2v) is 13.6. The minimum atomic E-state index is -1.13. The Labute approximate surface area is 261 Å². The lowest BCUT2D eigenvalue weighted by molar-refractivity contribution is -0.138. The molecule has 12 heteroatoms. The van der Waals surface area contributed by atoms with E-state index in [9.17, 15) is 18.7 Å². The maximum Gasteiger partial charge on any atom is 0.319 e. The molecule has 3 N–H and O–H groups in total. The number of piperazine rings is 1. The number of benzene rings is 2. The zero-order valence-corrected chi connectivity index (χ0v) is 26.2. The van der Waals surface area contributed by atoms with Crippen LogP contribution in [0.4, 0.5) is 32.3 Å². The Morgan fingerprint density at radius 2 is 1.64 bits per heavy atom. The minimum Gasteiger partial charge on any atom is -0.480 e. The van der Waals surface area contributed by atoms with Crippen molar-refractivity contribution in [2.24, 2.45) is 0 Å². The zero-order valence-electron chi connectivity index (χ0n) is 25.4. The third-order valence-electron chi connectivity index (χ3n) is 8.12. The van der Waals surface area contributed by atoms with Crippen molar-refractivity contribution < 1.29 is 18.7 Å². The van der Waals surface area contributed by atoms with Crippen molar-refractivity contribution in [1.82, 2.24) is 15.0 Å². The number of rotatable bonds is 12. The van der Waals surface area contributed by atoms with Crippen molar-refractivity contribution in [2.45, 2.75) is 74.5 Å². The van der Waals surface area contributed by atoms with Crippen LogP contribution in [0, 0.1) is 11.6 Å². The average molecular weight is 626 g/mol. The number of hydrogen-bond donors (Lipinski definition) is 3. The van der Waals surface area contributed by atoms with E-state index in [1.807, 2.05) is 12.1 Å². The van der Waals surface area contributed by atoms with E-state index in [2.05, 4.69) is 20.4 Å². The van der Waals surface area contributed by atoms with Crippen molar-refractivity contribution in [3.05, 3.63) is 59.7 Å². The number of halogens is 2. The smallest absolute Gasteiger partial charge is 0.319 e. The second kappa shape index (κ2) is 14.4. The van der Waals surface area contributed by atoms with Gasteiger partial charge in [-0.05, 0) is 81.5 Å². The maximum absolute atomic E-state index is 14.4. The third-order valence-corrected chi connectivity index (χ3v) is 9.34. The highest BCUT2D eigenvalue weighted by molar-refractivity contribution is 8.01. The van der Waals surface area contributed by atoms with E-state index in [4.69, 9.17) is 15.0 Å². The van der Waals surface area contributed by atoms with Gasteiger partial charge in [-0.25, -0.2) is 8.78 Å². The first-order valence-corrected chi connectivity index (χ1v) is 16.2. The summed E-state index contributed by atoms with van der Waals surface area (Å²) in [4.78, 5) is 30.5. The number of aryl methyl sites for hydroxylation is 1. The highest BCUT2D eigenvalue weighted by atomic mass is 32.2. The summed E-state index contributed by atoms with van der Waals surface area (Å²) in [5, 5.41) is 16.3. The highest BCUT2D eigenvalue weighted by Crippen LogP contribution is 2.35. The summed E-state index contributed by atoms with van der Waals surface area (Å²) in [6.45, 7) is 6.75. The first-order chi connectivity index (χ1) is 21.2. The van der Waals surface area contributed by atoms with E-state index in [0.717, 1.165) is 68.5 Å². The molecule has 3 aromatic rings. The Morgan fingerprint density at radius 3 is 2.34 bits per heavy atom. The van der Waals surface area contributed by atoms with Crippen LogP contribution in [-0.4, -0.2) is 69.5 Å². The van der Waals surface area contributed by atoms with Crippen LogP contribution in [0.3, 0.4) is 0 Å². The number of aliphatic carboxylic acids is 1. The fourth-order valence-corrected chi connectivity index (χ4v) is 6.50. The summed E-state index contributed by atoms with van der Waals surface area (Å²) >= 11 is 1.01. The van der Waals surface area contributed by atoms with Gasteiger partial charge in [-0.3, -0.25) is 4.79 Å². The molecule has 2 aliphatic rings. The first-order valence-electron chi connectivity index (χ1n) is 15.4. The SMILES string of the molecule is CC(C)(Sc1cc(CCCNc2nc(NC3CCCCC3)nc(N3CCN(c4ccc(F)cc4)CC3)n2)ccc1F)C(=O)O. The normalized spacial score (nSPS) is 16.2. The number of carboxylic acids is 1. The van der Waals surface area contributed by atoms with Crippen molar-refractivity contribution >= 4 is 41.3 Å². The zero-order chi connectivity index (χ0) is 31.1. The van der Waals surface area contributed by atoms with Gasteiger partial charge in [-0.2, -0.15) is 15.0 Å². The molecule has 1 saturated heterocycles. The molecule has 44 heavy (non-hydrogen) atoms. The molecular formula is C32H41F2N7O2S. The number of anilines is 4. The highest BCUT2D eigenvalue weighted by Gasteiger charge is 2.29. The van der Waals surface area contributed by atoms with Crippen molar-refractivity contribution in [2.75, 3.05) is 53.2 Å². The van der Waals surface area contributed by atoms with E-state index >= 15 is 0 Å². The molecule has 0 spiro atoms. The lowest BCUT2D eigenvalue weighted by atomic mass is 9.96. The van der Waals surface area contributed by atoms with Crippen LogP contribution in [0.15, 0.2) is 47.4 Å². The molecule has 0 bridgehead atoms. The second-order valence-electron chi connectivity index (χ2n) is 11.9. The first kappa shape index (κ1) is 31.7. The van der Waals surface area contributed by atoms with Crippen molar-refractivity contribution in [1.29, 1.82) is 0 Å². The number of nitrogens with zero attached hydrogens (tertiary/aromatic N) is 5. The number of aromatic nitrogens is 3. The van der Waals surface area contributed by atoms with Crippen molar-refractivity contribution in [3.63, 3.8) is 0 Å². The standard InChI is InChI=1S/C32H41F2N7O2S/c1-32(2,28(42)43)44-27-21-22(10-15-26(27)34)7-6-16-35-29-37-30(36-24-8-4-3-5-9-24)39-31(38-29)41-19-17-40(18-20-41)25-13-11-23(33)12-14-25/h10-15,21,24H,3-9,16-20H2,1-2H3,(H,42,43)(H2,35,36,37,38,39). The number of carbonyl (C=O) groups is 1. The summed E-state index contributed by atoms with van der Waals surface area (Å²) in [6.07, 6.45) is 7.29. The molecule has 0 radical (unpaired) electrons. The number of hydrogen-bond acceptors (Lipinski definition) is 9. The summed E-state index contributed by atoms with van der Waals surface area (Å²) in [6, 6.07) is 11.8. The van der Waals surface area contributed by atoms with Crippen LogP contribution < -0.4 is 20.4 Å². The summed E-state index contributed by atoms with van der Waals surface area (Å²) < 4.78 is 26.7. The summed E-state index contributed by atoms with van der Waals surface area (Å²) in [5.74, 6) is 0.0674. The van der Waals surface area contributed by atoms with Gasteiger partial charge in [0, 0.05) is 49.3 Å². The van der Waals surface area contributed by atoms with Crippen LogP contribution in [-0.2, 0) is 11.2 Å². The van der Waals surface area contributed by atoms with Gasteiger partial charge in [0.05, 0.1) is 0 Å². The Bertz CT molecular complexity index is 1410. The molecule has 1 aliphatic carbocycles. The van der Waals surface area contributed by atoms with Crippen molar-refractivity contribution in [3.8, 4) is 0 Å². The Kier molecular flexibility index (Phi) is 10.4. The molecule has 2 aromatic carbocycles. The fraction of sp³-hybridized carbons (Fsp3) is 0.500. The minimum absolute atomic E-state index is 0.239. The van der Waals surface area contributed by atoms with Gasteiger partial charge in [0.25, 0.3) is 0 Å². The molecule has 0 amide bonds. The Hall–Kier alpha value is -3.67. The maximum atomic E-state index is 14.4. The van der Waals surface area contributed by atoms with Crippen LogP contribution in [0.25, 0.3) is 0 Å². The topological polar surface area (TPSA) is 107 Å².